The Labute approximate surface area is 161 Å². The lowest BCUT2D eigenvalue weighted by molar-refractivity contribution is -0.121. The summed E-state index contributed by atoms with van der Waals surface area (Å²) in [4.78, 5) is 26.7. The first kappa shape index (κ1) is 19.5. The smallest absolute Gasteiger partial charge is 0.326 e. The van der Waals surface area contributed by atoms with Gasteiger partial charge in [-0.3, -0.25) is 9.36 Å². The fourth-order valence-electron chi connectivity index (χ4n) is 3.05. The van der Waals surface area contributed by atoms with Gasteiger partial charge >= 0.3 is 5.69 Å². The fourth-order valence-corrected chi connectivity index (χ4v) is 3.05. The molecule has 0 bridgehead atoms. The summed E-state index contributed by atoms with van der Waals surface area (Å²) >= 11 is 0. The molecule has 3 aromatic rings. The summed E-state index contributed by atoms with van der Waals surface area (Å²) in [5, 5.41) is 2.80. The Balaban J connectivity index is 1.53. The number of benzene rings is 2. The SMILES string of the molecule is COc1ccc(CCC(=O)NCCn2c(=O)[nH]c3cc(F)ccc32)cc1OC. The van der Waals surface area contributed by atoms with Crippen LogP contribution in [-0.4, -0.2) is 36.2 Å². The van der Waals surface area contributed by atoms with E-state index in [1.165, 1.54) is 16.7 Å². The molecule has 0 spiro atoms. The van der Waals surface area contributed by atoms with Crippen molar-refractivity contribution >= 4 is 16.9 Å². The molecule has 0 fully saturated rings. The standard InChI is InChI=1S/C20H22FN3O4/c1-27-17-7-3-13(11-18(17)28-2)4-8-19(25)22-9-10-24-16-6-5-14(21)12-15(16)23-20(24)26/h3,5-7,11-12H,4,8-10H2,1-2H3,(H,22,25)(H,23,26). The molecule has 1 amide bonds. The number of aromatic nitrogens is 2. The molecule has 0 aliphatic rings. The molecule has 0 unspecified atom stereocenters. The zero-order valence-corrected chi connectivity index (χ0v) is 15.8. The molecular weight excluding hydrogens is 365 g/mol. The number of rotatable bonds is 8. The molecule has 0 saturated heterocycles. The summed E-state index contributed by atoms with van der Waals surface area (Å²) in [7, 11) is 3.13. The molecule has 148 valence electrons. The highest BCUT2D eigenvalue weighted by Crippen LogP contribution is 2.27. The van der Waals surface area contributed by atoms with E-state index < -0.39 is 5.82 Å². The first-order valence-corrected chi connectivity index (χ1v) is 8.87. The second kappa shape index (κ2) is 8.60. The van der Waals surface area contributed by atoms with E-state index in [2.05, 4.69) is 10.3 Å². The van der Waals surface area contributed by atoms with Crippen LogP contribution in [0.3, 0.4) is 0 Å². The molecule has 0 radical (unpaired) electrons. The van der Waals surface area contributed by atoms with Gasteiger partial charge in [0.2, 0.25) is 5.91 Å². The molecular formula is C20H22FN3O4. The molecule has 7 nitrogen and oxygen atoms in total. The van der Waals surface area contributed by atoms with Crippen molar-refractivity contribution in [3.05, 3.63) is 58.3 Å². The molecule has 0 aliphatic carbocycles. The van der Waals surface area contributed by atoms with Crippen LogP contribution in [0.2, 0.25) is 0 Å². The van der Waals surface area contributed by atoms with Gasteiger partial charge in [0, 0.05) is 19.5 Å². The third-order valence-corrected chi connectivity index (χ3v) is 4.48. The van der Waals surface area contributed by atoms with Crippen molar-refractivity contribution in [3.63, 3.8) is 0 Å². The number of hydrogen-bond acceptors (Lipinski definition) is 4. The van der Waals surface area contributed by atoms with Crippen LogP contribution in [-0.2, 0) is 17.8 Å². The number of ether oxygens (including phenoxy) is 2. The van der Waals surface area contributed by atoms with Crippen molar-refractivity contribution in [3.8, 4) is 11.5 Å². The van der Waals surface area contributed by atoms with Crippen LogP contribution in [0, 0.1) is 5.82 Å². The maximum atomic E-state index is 13.2. The summed E-state index contributed by atoms with van der Waals surface area (Å²) in [6, 6.07) is 9.65. The Bertz CT molecular complexity index is 1040. The van der Waals surface area contributed by atoms with E-state index in [1.54, 1.807) is 26.4 Å². The van der Waals surface area contributed by atoms with Crippen molar-refractivity contribution in [2.75, 3.05) is 20.8 Å². The number of aromatic amines is 1. The van der Waals surface area contributed by atoms with Crippen LogP contribution in [0.25, 0.3) is 11.0 Å². The third-order valence-electron chi connectivity index (χ3n) is 4.48. The first-order chi connectivity index (χ1) is 13.5. The molecule has 2 aromatic carbocycles. The van der Waals surface area contributed by atoms with Crippen LogP contribution < -0.4 is 20.5 Å². The van der Waals surface area contributed by atoms with E-state index in [-0.39, 0.29) is 11.6 Å². The number of methoxy groups -OCH3 is 2. The van der Waals surface area contributed by atoms with Crippen molar-refractivity contribution < 1.29 is 18.7 Å². The fraction of sp³-hybridized carbons (Fsp3) is 0.300. The number of nitrogens with zero attached hydrogens (tertiary/aromatic N) is 1. The highest BCUT2D eigenvalue weighted by Gasteiger charge is 2.09. The molecule has 28 heavy (non-hydrogen) atoms. The number of aryl methyl sites for hydroxylation is 1. The second-order valence-corrected chi connectivity index (χ2v) is 6.28. The molecule has 0 aliphatic heterocycles. The maximum Gasteiger partial charge on any atom is 0.326 e. The Morgan fingerprint density at radius 3 is 2.68 bits per heavy atom. The largest absolute Gasteiger partial charge is 0.493 e. The topological polar surface area (TPSA) is 85.4 Å². The molecule has 1 heterocycles. The van der Waals surface area contributed by atoms with Crippen LogP contribution >= 0.6 is 0 Å². The summed E-state index contributed by atoms with van der Waals surface area (Å²) in [5.41, 5.74) is 1.67. The van der Waals surface area contributed by atoms with E-state index in [0.717, 1.165) is 5.56 Å². The Kier molecular flexibility index (Phi) is 5.98. The predicted octanol–water partition coefficient (Wildman–Crippen LogP) is 2.23. The highest BCUT2D eigenvalue weighted by atomic mass is 19.1. The van der Waals surface area contributed by atoms with Gasteiger partial charge in [0.15, 0.2) is 11.5 Å². The van der Waals surface area contributed by atoms with Crippen molar-refractivity contribution in [2.24, 2.45) is 0 Å². The van der Waals surface area contributed by atoms with Crippen molar-refractivity contribution in [1.82, 2.24) is 14.9 Å². The Hall–Kier alpha value is -3.29. The number of imidazole rings is 1. The number of carbonyl (C=O) groups excluding carboxylic acids is 1. The van der Waals surface area contributed by atoms with Crippen molar-refractivity contribution in [1.29, 1.82) is 0 Å². The summed E-state index contributed by atoms with van der Waals surface area (Å²) in [6.07, 6.45) is 0.863. The average Bonchev–Trinajstić information content (AvgIpc) is 3.00. The molecule has 0 atom stereocenters. The lowest BCUT2D eigenvalue weighted by Gasteiger charge is -2.10. The zero-order valence-electron chi connectivity index (χ0n) is 15.8. The van der Waals surface area contributed by atoms with Gasteiger partial charge in [-0.15, -0.1) is 0 Å². The predicted molar refractivity (Wildman–Crippen MR) is 103 cm³/mol. The van der Waals surface area contributed by atoms with Gasteiger partial charge in [0.25, 0.3) is 0 Å². The third kappa shape index (κ3) is 4.33. The summed E-state index contributed by atoms with van der Waals surface area (Å²) in [6.45, 7) is 0.599. The minimum Gasteiger partial charge on any atom is -0.493 e. The van der Waals surface area contributed by atoms with Crippen LogP contribution in [0.5, 0.6) is 11.5 Å². The summed E-state index contributed by atoms with van der Waals surface area (Å²) < 4.78 is 25.2. The minimum atomic E-state index is -0.413. The monoisotopic (exact) mass is 387 g/mol. The number of carbonyl (C=O) groups is 1. The Morgan fingerprint density at radius 1 is 1.14 bits per heavy atom. The lowest BCUT2D eigenvalue weighted by atomic mass is 10.1. The molecule has 3 rings (SSSR count). The average molecular weight is 387 g/mol. The molecule has 2 N–H and O–H groups in total. The first-order valence-electron chi connectivity index (χ1n) is 8.87. The van der Waals surface area contributed by atoms with E-state index >= 15 is 0 Å². The van der Waals surface area contributed by atoms with Gasteiger partial charge in [0.1, 0.15) is 5.82 Å². The van der Waals surface area contributed by atoms with Gasteiger partial charge in [-0.05, 0) is 42.3 Å². The number of hydrogen-bond donors (Lipinski definition) is 2. The number of amides is 1. The van der Waals surface area contributed by atoms with E-state index in [9.17, 15) is 14.0 Å². The molecule has 8 heteroatoms. The number of fused-ring (bicyclic) bond motifs is 1. The van der Waals surface area contributed by atoms with E-state index in [0.29, 0.717) is 48.5 Å². The zero-order chi connectivity index (χ0) is 20.1. The van der Waals surface area contributed by atoms with Gasteiger partial charge in [-0.25, -0.2) is 9.18 Å². The maximum absolute atomic E-state index is 13.2. The Morgan fingerprint density at radius 2 is 1.93 bits per heavy atom. The molecule has 0 saturated carbocycles. The quantitative estimate of drug-likeness (QED) is 0.621. The van der Waals surface area contributed by atoms with Crippen molar-refractivity contribution in [2.45, 2.75) is 19.4 Å². The number of H-pyrrole nitrogens is 1. The van der Waals surface area contributed by atoms with E-state index in [1.807, 2.05) is 12.1 Å². The summed E-state index contributed by atoms with van der Waals surface area (Å²) in [5.74, 6) is 0.730. The van der Waals surface area contributed by atoms with Gasteiger partial charge in [-0.1, -0.05) is 6.07 Å². The second-order valence-electron chi connectivity index (χ2n) is 6.28. The minimum absolute atomic E-state index is 0.117. The van der Waals surface area contributed by atoms with Crippen LogP contribution in [0.15, 0.2) is 41.2 Å². The van der Waals surface area contributed by atoms with Gasteiger partial charge in [-0.2, -0.15) is 0 Å². The van der Waals surface area contributed by atoms with Gasteiger partial charge < -0.3 is 19.8 Å². The molecule has 1 aromatic heterocycles. The normalized spacial score (nSPS) is 10.8. The van der Waals surface area contributed by atoms with Gasteiger partial charge in [0.05, 0.1) is 25.3 Å². The lowest BCUT2D eigenvalue weighted by Crippen LogP contribution is -2.30. The van der Waals surface area contributed by atoms with Crippen LogP contribution in [0.1, 0.15) is 12.0 Å². The number of halogens is 1. The number of nitrogens with one attached hydrogen (secondary N) is 2. The van der Waals surface area contributed by atoms with Crippen LogP contribution in [0.4, 0.5) is 4.39 Å². The highest BCUT2D eigenvalue weighted by molar-refractivity contribution is 5.76. The van der Waals surface area contributed by atoms with E-state index in [4.69, 9.17) is 9.47 Å².